The van der Waals surface area contributed by atoms with Crippen LogP contribution in [0.1, 0.15) is 11.8 Å². The van der Waals surface area contributed by atoms with E-state index in [1.54, 1.807) is 37.4 Å². The Balaban J connectivity index is 1.85. The third-order valence-corrected chi connectivity index (χ3v) is 4.27. The Kier molecular flexibility index (Phi) is 5.78. The predicted molar refractivity (Wildman–Crippen MR) is 89.3 cm³/mol. The molecule has 0 saturated heterocycles. The summed E-state index contributed by atoms with van der Waals surface area (Å²) in [5.41, 5.74) is 2.44. The van der Waals surface area contributed by atoms with E-state index in [9.17, 15) is 4.79 Å². The first-order valence-corrected chi connectivity index (χ1v) is 8.04. The first kappa shape index (κ1) is 16.0. The number of carbonyl (C=O) groups is 1. The van der Waals surface area contributed by atoms with Gasteiger partial charge in [-0.1, -0.05) is 11.6 Å². The van der Waals surface area contributed by atoms with Crippen LogP contribution < -0.4 is 10.2 Å². The number of ether oxygens (including phenoxy) is 1. The molecule has 1 amide bonds. The van der Waals surface area contributed by atoms with E-state index < -0.39 is 6.10 Å². The van der Waals surface area contributed by atoms with E-state index in [1.807, 2.05) is 12.1 Å². The van der Waals surface area contributed by atoms with Crippen LogP contribution in [0.4, 0.5) is 0 Å². The lowest BCUT2D eigenvalue weighted by Crippen LogP contribution is -2.33. The molecule has 1 N–H and O–H groups in total. The molecule has 0 spiro atoms. The van der Waals surface area contributed by atoms with Gasteiger partial charge in [-0.3, -0.25) is 4.79 Å². The number of carbonyl (C=O) groups excluding carboxylic acids is 1. The fourth-order valence-electron chi connectivity index (χ4n) is 1.42. The van der Waals surface area contributed by atoms with Crippen molar-refractivity contribution < 1.29 is 9.53 Å². The van der Waals surface area contributed by atoms with Gasteiger partial charge in [0.25, 0.3) is 5.91 Å². The molecule has 0 bridgehead atoms. The minimum Gasteiger partial charge on any atom is -0.481 e. The van der Waals surface area contributed by atoms with Gasteiger partial charge in [-0.25, -0.2) is 5.43 Å². The molecule has 0 fully saturated rings. The van der Waals surface area contributed by atoms with E-state index in [0.717, 1.165) is 8.66 Å². The molecule has 0 aliphatic heterocycles. The van der Waals surface area contributed by atoms with Gasteiger partial charge in [-0.2, -0.15) is 5.10 Å². The molecule has 0 saturated carbocycles. The molecule has 2 aromatic rings. The van der Waals surface area contributed by atoms with Crippen molar-refractivity contribution >= 4 is 51.0 Å². The molecule has 0 aliphatic rings. The Morgan fingerprint density at radius 1 is 1.38 bits per heavy atom. The zero-order valence-corrected chi connectivity index (χ0v) is 14.2. The molecule has 1 aromatic heterocycles. The summed E-state index contributed by atoms with van der Waals surface area (Å²) in [7, 11) is 0. The van der Waals surface area contributed by atoms with E-state index in [2.05, 4.69) is 26.5 Å². The third kappa shape index (κ3) is 5.15. The van der Waals surface area contributed by atoms with Crippen LogP contribution in [0.15, 0.2) is 45.3 Å². The molecule has 0 radical (unpaired) electrons. The van der Waals surface area contributed by atoms with E-state index in [1.165, 1.54) is 11.3 Å². The number of halogens is 2. The van der Waals surface area contributed by atoms with Gasteiger partial charge >= 0.3 is 0 Å². The summed E-state index contributed by atoms with van der Waals surface area (Å²) in [5, 5.41) is 4.51. The van der Waals surface area contributed by atoms with Crippen LogP contribution in [0, 0.1) is 0 Å². The molecule has 2 rings (SSSR count). The normalized spacial score (nSPS) is 12.3. The number of nitrogens with zero attached hydrogens (tertiary/aromatic N) is 1. The van der Waals surface area contributed by atoms with Gasteiger partial charge in [0.1, 0.15) is 5.75 Å². The van der Waals surface area contributed by atoms with Crippen LogP contribution in [0.25, 0.3) is 0 Å². The first-order chi connectivity index (χ1) is 10.0. The minimum atomic E-state index is -0.654. The van der Waals surface area contributed by atoms with Gasteiger partial charge in [0.15, 0.2) is 6.10 Å². The molecular weight excluding hydrogens is 376 g/mol. The summed E-state index contributed by atoms with van der Waals surface area (Å²) in [6, 6.07) is 10.6. The van der Waals surface area contributed by atoms with Gasteiger partial charge in [-0.15, -0.1) is 11.3 Å². The third-order valence-electron chi connectivity index (χ3n) is 2.46. The maximum Gasteiger partial charge on any atom is 0.280 e. The topological polar surface area (TPSA) is 50.7 Å². The smallest absolute Gasteiger partial charge is 0.280 e. The standard InChI is InChI=1S/C14H12BrClN2O2S/c1-9(20-11-4-2-10(16)3-5-11)14(19)18-17-8-12-6-7-13(15)21-12/h2-9H,1H3,(H,18,19)/b17-8-/t9-/m0/s1. The van der Waals surface area contributed by atoms with Crippen molar-refractivity contribution in [2.24, 2.45) is 5.10 Å². The van der Waals surface area contributed by atoms with Crippen LogP contribution in [0.3, 0.4) is 0 Å². The van der Waals surface area contributed by atoms with Crippen LogP contribution in [-0.4, -0.2) is 18.2 Å². The number of benzene rings is 1. The van der Waals surface area contributed by atoms with Gasteiger partial charge in [0, 0.05) is 9.90 Å². The Labute approximate surface area is 139 Å². The minimum absolute atomic E-state index is 0.322. The van der Waals surface area contributed by atoms with Crippen LogP contribution in [0.2, 0.25) is 5.02 Å². The Bertz CT molecular complexity index is 643. The highest BCUT2D eigenvalue weighted by molar-refractivity contribution is 9.11. The zero-order chi connectivity index (χ0) is 15.2. The molecule has 110 valence electrons. The maximum absolute atomic E-state index is 11.8. The highest BCUT2D eigenvalue weighted by Gasteiger charge is 2.13. The van der Waals surface area contributed by atoms with Crippen LogP contribution in [-0.2, 0) is 4.79 Å². The van der Waals surface area contributed by atoms with Gasteiger partial charge in [0.2, 0.25) is 0 Å². The van der Waals surface area contributed by atoms with E-state index in [4.69, 9.17) is 16.3 Å². The second-order valence-electron chi connectivity index (χ2n) is 4.09. The molecule has 0 unspecified atom stereocenters. The van der Waals surface area contributed by atoms with Crippen molar-refractivity contribution in [3.63, 3.8) is 0 Å². The SMILES string of the molecule is C[C@H](Oc1ccc(Cl)cc1)C(=O)N/N=C\c1ccc(Br)s1. The summed E-state index contributed by atoms with van der Waals surface area (Å²) >= 11 is 10.7. The van der Waals surface area contributed by atoms with E-state index in [0.29, 0.717) is 10.8 Å². The summed E-state index contributed by atoms with van der Waals surface area (Å²) in [5.74, 6) is 0.255. The van der Waals surface area contributed by atoms with Crippen molar-refractivity contribution in [3.8, 4) is 5.75 Å². The second kappa shape index (κ2) is 7.59. The van der Waals surface area contributed by atoms with Crippen molar-refractivity contribution in [3.05, 3.63) is 50.1 Å². The molecule has 4 nitrogen and oxygen atoms in total. The fourth-order valence-corrected chi connectivity index (χ4v) is 2.84. The lowest BCUT2D eigenvalue weighted by molar-refractivity contribution is -0.127. The van der Waals surface area contributed by atoms with Crippen LogP contribution >= 0.6 is 38.9 Å². The quantitative estimate of drug-likeness (QED) is 0.621. The van der Waals surface area contributed by atoms with Crippen molar-refractivity contribution in [1.82, 2.24) is 5.43 Å². The Morgan fingerprint density at radius 2 is 2.10 bits per heavy atom. The van der Waals surface area contributed by atoms with Crippen molar-refractivity contribution in [1.29, 1.82) is 0 Å². The van der Waals surface area contributed by atoms with Gasteiger partial charge < -0.3 is 4.74 Å². The molecule has 1 atom stereocenters. The number of hydrogen-bond acceptors (Lipinski definition) is 4. The fraction of sp³-hybridized carbons (Fsp3) is 0.143. The summed E-state index contributed by atoms with van der Waals surface area (Å²) in [4.78, 5) is 12.8. The lowest BCUT2D eigenvalue weighted by Gasteiger charge is -2.12. The Morgan fingerprint density at radius 3 is 2.71 bits per heavy atom. The van der Waals surface area contributed by atoms with Crippen molar-refractivity contribution in [2.45, 2.75) is 13.0 Å². The second-order valence-corrected chi connectivity index (χ2v) is 7.02. The molecular formula is C14H12BrClN2O2S. The highest BCUT2D eigenvalue weighted by Crippen LogP contribution is 2.20. The lowest BCUT2D eigenvalue weighted by atomic mass is 10.3. The highest BCUT2D eigenvalue weighted by atomic mass is 79.9. The van der Waals surface area contributed by atoms with Gasteiger partial charge in [0.05, 0.1) is 10.0 Å². The summed E-state index contributed by atoms with van der Waals surface area (Å²) in [6.45, 7) is 1.65. The van der Waals surface area contributed by atoms with Crippen LogP contribution in [0.5, 0.6) is 5.75 Å². The summed E-state index contributed by atoms with van der Waals surface area (Å²) in [6.07, 6.45) is 0.931. The monoisotopic (exact) mass is 386 g/mol. The summed E-state index contributed by atoms with van der Waals surface area (Å²) < 4.78 is 6.50. The molecule has 21 heavy (non-hydrogen) atoms. The molecule has 1 aromatic carbocycles. The number of hydrogen-bond donors (Lipinski definition) is 1. The molecule has 7 heteroatoms. The number of thiophene rings is 1. The Hall–Kier alpha value is -1.37. The number of rotatable bonds is 5. The van der Waals surface area contributed by atoms with E-state index in [-0.39, 0.29) is 5.91 Å². The number of amides is 1. The maximum atomic E-state index is 11.8. The van der Waals surface area contributed by atoms with E-state index >= 15 is 0 Å². The number of nitrogens with one attached hydrogen (secondary N) is 1. The van der Waals surface area contributed by atoms with Gasteiger partial charge in [-0.05, 0) is 59.3 Å². The average molecular weight is 388 g/mol. The zero-order valence-electron chi connectivity index (χ0n) is 11.0. The largest absolute Gasteiger partial charge is 0.481 e. The van der Waals surface area contributed by atoms with Crippen molar-refractivity contribution in [2.75, 3.05) is 0 Å². The molecule has 0 aliphatic carbocycles. The predicted octanol–water partition coefficient (Wildman–Crippen LogP) is 4.08. The average Bonchev–Trinajstić information content (AvgIpc) is 2.87. The number of hydrazone groups is 1. The molecule has 1 heterocycles. The first-order valence-electron chi connectivity index (χ1n) is 6.05.